The number of nitrogens with two attached hydrogens (primary N) is 1. The number of thiophene rings is 1. The van der Waals surface area contributed by atoms with Crippen LogP contribution in [-0.4, -0.2) is 8.42 Å². The van der Waals surface area contributed by atoms with Crippen molar-refractivity contribution in [2.24, 2.45) is 0 Å². The summed E-state index contributed by atoms with van der Waals surface area (Å²) in [6.07, 6.45) is 0. The smallest absolute Gasteiger partial charge is 0.184 e. The first kappa shape index (κ1) is 12.1. The van der Waals surface area contributed by atoms with Gasteiger partial charge >= 0.3 is 0 Å². The maximum Gasteiger partial charge on any atom is 0.184 e. The molecule has 2 rings (SSSR count). The zero-order valence-corrected chi connectivity index (χ0v) is 11.0. The van der Waals surface area contributed by atoms with Gasteiger partial charge in [0.1, 0.15) is 0 Å². The molecular formula is C12H13NO2S2. The van der Waals surface area contributed by atoms with E-state index in [-0.39, 0.29) is 10.6 Å². The molecule has 0 aliphatic rings. The van der Waals surface area contributed by atoms with Gasteiger partial charge in [-0.3, -0.25) is 0 Å². The third-order valence-corrected chi connectivity index (χ3v) is 4.92. The third kappa shape index (κ3) is 2.68. The molecule has 1 aromatic carbocycles. The normalized spacial score (nSPS) is 11.6. The summed E-state index contributed by atoms with van der Waals surface area (Å²) in [4.78, 5) is 0.217. The lowest BCUT2D eigenvalue weighted by molar-refractivity contribution is 0.596. The second-order valence-corrected chi connectivity index (χ2v) is 6.67. The van der Waals surface area contributed by atoms with Gasteiger partial charge in [-0.25, -0.2) is 8.42 Å². The fraction of sp³-hybridized carbons (Fsp3) is 0.167. The number of anilines is 1. The second kappa shape index (κ2) is 4.50. The monoisotopic (exact) mass is 267 g/mol. The molecule has 5 heteroatoms. The standard InChI is InChI=1S/C12H13NO2S2/c1-9-2-3-12(11(13)6-9)17(14,15)8-10-4-5-16-7-10/h2-7H,8,13H2,1H3. The van der Waals surface area contributed by atoms with Gasteiger partial charge in [0, 0.05) is 0 Å². The highest BCUT2D eigenvalue weighted by Crippen LogP contribution is 2.24. The van der Waals surface area contributed by atoms with Crippen LogP contribution in [0.2, 0.25) is 0 Å². The average molecular weight is 267 g/mol. The van der Waals surface area contributed by atoms with Gasteiger partial charge in [0.05, 0.1) is 16.3 Å². The lowest BCUT2D eigenvalue weighted by Gasteiger charge is -2.07. The van der Waals surface area contributed by atoms with Gasteiger partial charge in [-0.2, -0.15) is 11.3 Å². The molecule has 2 aromatic rings. The van der Waals surface area contributed by atoms with Crippen LogP contribution in [0.5, 0.6) is 0 Å². The van der Waals surface area contributed by atoms with Gasteiger partial charge in [0.15, 0.2) is 9.84 Å². The fourth-order valence-electron chi connectivity index (χ4n) is 1.62. The van der Waals surface area contributed by atoms with Crippen molar-refractivity contribution in [3.05, 3.63) is 46.2 Å². The highest BCUT2D eigenvalue weighted by Gasteiger charge is 2.18. The molecule has 0 saturated heterocycles. The zero-order chi connectivity index (χ0) is 12.5. The van der Waals surface area contributed by atoms with Gasteiger partial charge in [0.2, 0.25) is 0 Å². The van der Waals surface area contributed by atoms with E-state index in [4.69, 9.17) is 5.73 Å². The Labute approximate surface area is 105 Å². The van der Waals surface area contributed by atoms with Crippen molar-refractivity contribution in [3.63, 3.8) is 0 Å². The maximum atomic E-state index is 12.2. The number of hydrogen-bond donors (Lipinski definition) is 1. The molecule has 1 aromatic heterocycles. The molecular weight excluding hydrogens is 254 g/mol. The Balaban J connectivity index is 2.38. The van der Waals surface area contributed by atoms with Crippen LogP contribution in [0.3, 0.4) is 0 Å². The maximum absolute atomic E-state index is 12.2. The zero-order valence-electron chi connectivity index (χ0n) is 9.38. The largest absolute Gasteiger partial charge is 0.398 e. The first-order chi connectivity index (χ1) is 7.99. The van der Waals surface area contributed by atoms with Crippen molar-refractivity contribution in [2.75, 3.05) is 5.73 Å². The average Bonchev–Trinajstić information content (AvgIpc) is 2.68. The van der Waals surface area contributed by atoms with Crippen molar-refractivity contribution in [1.29, 1.82) is 0 Å². The molecule has 0 fully saturated rings. The minimum absolute atomic E-state index is 0.00373. The van der Waals surface area contributed by atoms with E-state index in [0.717, 1.165) is 11.1 Å². The number of rotatable bonds is 3. The van der Waals surface area contributed by atoms with Crippen molar-refractivity contribution in [2.45, 2.75) is 17.6 Å². The summed E-state index contributed by atoms with van der Waals surface area (Å²) in [6, 6.07) is 6.83. The summed E-state index contributed by atoms with van der Waals surface area (Å²) < 4.78 is 24.3. The van der Waals surface area contributed by atoms with E-state index in [0.29, 0.717) is 5.69 Å². The van der Waals surface area contributed by atoms with Gasteiger partial charge in [0.25, 0.3) is 0 Å². The molecule has 0 spiro atoms. The fourth-order valence-corrected chi connectivity index (χ4v) is 3.86. The third-order valence-electron chi connectivity index (χ3n) is 2.44. The summed E-state index contributed by atoms with van der Waals surface area (Å²) in [5.74, 6) is 0.00373. The molecule has 0 saturated carbocycles. The van der Waals surface area contributed by atoms with Crippen molar-refractivity contribution in [3.8, 4) is 0 Å². The predicted octanol–water partition coefficient (Wildman–Crippen LogP) is 2.61. The molecule has 0 amide bonds. The molecule has 0 aliphatic heterocycles. The number of aryl methyl sites for hydroxylation is 1. The van der Waals surface area contributed by atoms with E-state index < -0.39 is 9.84 Å². The molecule has 0 unspecified atom stereocenters. The Morgan fingerprint density at radius 2 is 2.06 bits per heavy atom. The lowest BCUT2D eigenvalue weighted by Crippen LogP contribution is -2.07. The number of sulfone groups is 1. The highest BCUT2D eigenvalue weighted by molar-refractivity contribution is 7.90. The molecule has 1 heterocycles. The van der Waals surface area contributed by atoms with Crippen molar-refractivity contribution in [1.82, 2.24) is 0 Å². The van der Waals surface area contributed by atoms with Gasteiger partial charge in [-0.05, 0) is 47.0 Å². The number of nitrogen functional groups attached to an aromatic ring is 1. The van der Waals surface area contributed by atoms with Gasteiger partial charge in [-0.1, -0.05) is 6.07 Å². The summed E-state index contributed by atoms with van der Waals surface area (Å²) in [6.45, 7) is 1.88. The van der Waals surface area contributed by atoms with Crippen LogP contribution < -0.4 is 5.73 Å². The van der Waals surface area contributed by atoms with Crippen molar-refractivity contribution < 1.29 is 8.42 Å². The first-order valence-electron chi connectivity index (χ1n) is 5.09. The first-order valence-corrected chi connectivity index (χ1v) is 7.68. The molecule has 90 valence electrons. The van der Waals surface area contributed by atoms with Crippen LogP contribution in [0, 0.1) is 6.92 Å². The minimum atomic E-state index is -3.35. The van der Waals surface area contributed by atoms with E-state index in [1.54, 1.807) is 18.2 Å². The molecule has 17 heavy (non-hydrogen) atoms. The van der Waals surface area contributed by atoms with E-state index in [1.165, 1.54) is 11.3 Å². The van der Waals surface area contributed by atoms with Crippen LogP contribution in [0.15, 0.2) is 39.9 Å². The highest BCUT2D eigenvalue weighted by atomic mass is 32.2. The topological polar surface area (TPSA) is 60.2 Å². The Kier molecular flexibility index (Phi) is 3.22. The summed E-state index contributed by atoms with van der Waals surface area (Å²) in [5.41, 5.74) is 7.84. The van der Waals surface area contributed by atoms with E-state index in [2.05, 4.69) is 0 Å². The Morgan fingerprint density at radius 3 is 2.65 bits per heavy atom. The molecule has 2 N–H and O–H groups in total. The summed E-state index contributed by atoms with van der Waals surface area (Å²) in [7, 11) is -3.35. The lowest BCUT2D eigenvalue weighted by atomic mass is 10.2. The van der Waals surface area contributed by atoms with Crippen LogP contribution in [-0.2, 0) is 15.6 Å². The van der Waals surface area contributed by atoms with Gasteiger partial charge in [-0.15, -0.1) is 0 Å². The minimum Gasteiger partial charge on any atom is -0.398 e. The molecule has 0 bridgehead atoms. The van der Waals surface area contributed by atoms with Gasteiger partial charge < -0.3 is 5.73 Å². The van der Waals surface area contributed by atoms with E-state index in [9.17, 15) is 8.42 Å². The Hall–Kier alpha value is -1.33. The van der Waals surface area contributed by atoms with Crippen LogP contribution in [0.25, 0.3) is 0 Å². The van der Waals surface area contributed by atoms with E-state index >= 15 is 0 Å². The van der Waals surface area contributed by atoms with Crippen molar-refractivity contribution >= 4 is 26.9 Å². The van der Waals surface area contributed by atoms with E-state index in [1.807, 2.05) is 23.8 Å². The molecule has 0 atom stereocenters. The van der Waals surface area contributed by atoms with Crippen LogP contribution >= 0.6 is 11.3 Å². The van der Waals surface area contributed by atoms with Crippen LogP contribution in [0.4, 0.5) is 5.69 Å². The summed E-state index contributed by atoms with van der Waals surface area (Å²) >= 11 is 1.49. The van der Waals surface area contributed by atoms with Crippen LogP contribution in [0.1, 0.15) is 11.1 Å². The Morgan fingerprint density at radius 1 is 1.29 bits per heavy atom. The SMILES string of the molecule is Cc1ccc(S(=O)(=O)Cc2ccsc2)c(N)c1. The molecule has 0 radical (unpaired) electrons. The second-order valence-electron chi connectivity index (χ2n) is 3.93. The number of benzene rings is 1. The summed E-state index contributed by atoms with van der Waals surface area (Å²) in [5, 5.41) is 3.70. The molecule has 3 nitrogen and oxygen atoms in total. The Bertz CT molecular complexity index is 616. The number of hydrogen-bond acceptors (Lipinski definition) is 4. The molecule has 0 aliphatic carbocycles. The quantitative estimate of drug-likeness (QED) is 0.870. The predicted molar refractivity (Wildman–Crippen MR) is 70.8 cm³/mol.